The summed E-state index contributed by atoms with van der Waals surface area (Å²) < 4.78 is 5.21. The number of alkyl halides is 2. The molecule has 0 saturated heterocycles. The maximum absolute atomic E-state index is 11.5. The third kappa shape index (κ3) is 21.6. The van der Waals surface area contributed by atoms with Crippen molar-refractivity contribution in [2.45, 2.75) is 195 Å². The van der Waals surface area contributed by atoms with Crippen molar-refractivity contribution in [3.8, 4) is 0 Å². The van der Waals surface area contributed by atoms with E-state index >= 15 is 0 Å². The van der Waals surface area contributed by atoms with Crippen LogP contribution in [-0.2, 0) is 4.74 Å². The second-order valence-electron chi connectivity index (χ2n) is 17.5. The Bertz CT molecular complexity index is 843. The van der Waals surface area contributed by atoms with Gasteiger partial charge in [-0.3, -0.25) is 0 Å². The number of amides is 1. The molecule has 0 aromatic carbocycles. The average molecular weight is 831 g/mol. The van der Waals surface area contributed by atoms with Crippen molar-refractivity contribution < 1.29 is 19.7 Å². The van der Waals surface area contributed by atoms with Crippen molar-refractivity contribution >= 4 is 46.0 Å². The van der Waals surface area contributed by atoms with Gasteiger partial charge in [-0.1, -0.05) is 153 Å². The molecular formula is C39H82Br2N2O4Si. The van der Waals surface area contributed by atoms with Crippen LogP contribution in [0.4, 0.5) is 4.79 Å². The molecule has 0 aliphatic heterocycles. The molecule has 0 spiro atoms. The number of aliphatic hydroxyl groups is 2. The molecule has 48 heavy (non-hydrogen) atoms. The summed E-state index contributed by atoms with van der Waals surface area (Å²) in [5.74, 6) is 3.05. The van der Waals surface area contributed by atoms with Crippen LogP contribution in [0.15, 0.2) is 0 Å². The molecule has 4 aliphatic rings. The molecule has 4 aliphatic carbocycles. The van der Waals surface area contributed by atoms with Crippen LogP contribution >= 0.6 is 31.9 Å². The van der Waals surface area contributed by atoms with Gasteiger partial charge in [-0.25, -0.2) is 4.79 Å². The molecule has 4 fully saturated rings. The predicted molar refractivity (Wildman–Crippen MR) is 220 cm³/mol. The van der Waals surface area contributed by atoms with Crippen LogP contribution in [0.3, 0.4) is 0 Å². The molecule has 0 radical (unpaired) electrons. The van der Waals surface area contributed by atoms with Crippen molar-refractivity contribution in [1.29, 1.82) is 0 Å². The Morgan fingerprint density at radius 3 is 1.44 bits per heavy atom. The Kier molecular flexibility index (Phi) is 24.3. The quantitative estimate of drug-likeness (QED) is 0.0943. The van der Waals surface area contributed by atoms with Crippen molar-refractivity contribution in [3.05, 3.63) is 0 Å². The molecule has 0 aromatic heterocycles. The monoisotopic (exact) mass is 828 g/mol. The lowest BCUT2D eigenvalue weighted by molar-refractivity contribution is -0.0946. The highest BCUT2D eigenvalue weighted by Crippen LogP contribution is 2.56. The third-order valence-corrected chi connectivity index (χ3v) is 15.0. The highest BCUT2D eigenvalue weighted by Gasteiger charge is 2.53. The molecule has 6 nitrogen and oxygen atoms in total. The Balaban J connectivity index is 0. The van der Waals surface area contributed by atoms with Gasteiger partial charge in [-0.05, 0) is 81.1 Å². The zero-order chi connectivity index (χ0) is 38.1. The van der Waals surface area contributed by atoms with Crippen LogP contribution in [0.25, 0.3) is 0 Å². The number of carbonyl (C=O) groups excluding carboxylic acids is 1. The normalized spacial score (nSPS) is 31.9. The van der Waals surface area contributed by atoms with E-state index in [1.54, 1.807) is 0 Å². The van der Waals surface area contributed by atoms with Gasteiger partial charge in [0, 0.05) is 34.7 Å². The summed E-state index contributed by atoms with van der Waals surface area (Å²) in [5.41, 5.74) is 6.49. The SMILES string of the molecule is CCC.CCC(Br)CBr.CCC1CC1(C)C.CCC1CC1(C)C(O)O.CCC1CC1(C)N.CCC1CC1(C)NC(=O)OCC[Si](C)(C)C. The molecule has 9 heteroatoms. The van der Waals surface area contributed by atoms with Gasteiger partial charge in [0.05, 0.1) is 6.61 Å². The Morgan fingerprint density at radius 2 is 1.27 bits per heavy atom. The zero-order valence-corrected chi connectivity index (χ0v) is 38.4. The van der Waals surface area contributed by atoms with Gasteiger partial charge in [-0.2, -0.15) is 0 Å². The summed E-state index contributed by atoms with van der Waals surface area (Å²) in [5, 5.41) is 21.6. The minimum absolute atomic E-state index is 0.00495. The Hall–Kier alpha value is 0.327. The van der Waals surface area contributed by atoms with Crippen LogP contribution in [-0.4, -0.2) is 58.5 Å². The van der Waals surface area contributed by atoms with E-state index in [4.69, 9.17) is 20.7 Å². The average Bonchev–Trinajstić information content (AvgIpc) is 3.94. The topological polar surface area (TPSA) is 105 Å². The first kappa shape index (κ1) is 50.4. The molecule has 1 amide bonds. The number of nitrogens with one attached hydrogen (secondary N) is 1. The number of halogens is 2. The summed E-state index contributed by atoms with van der Waals surface area (Å²) in [6, 6.07) is 1.04. The molecule has 8 atom stereocenters. The van der Waals surface area contributed by atoms with E-state index in [1.807, 2.05) is 6.92 Å². The second-order valence-corrected chi connectivity index (χ2v) is 25.0. The molecule has 4 saturated carbocycles. The van der Waals surface area contributed by atoms with Crippen molar-refractivity contribution in [2.75, 3.05) is 11.9 Å². The van der Waals surface area contributed by atoms with Gasteiger partial charge in [0.2, 0.25) is 0 Å². The largest absolute Gasteiger partial charge is 0.450 e. The fourth-order valence-corrected chi connectivity index (χ4v) is 6.96. The van der Waals surface area contributed by atoms with Crippen molar-refractivity contribution in [3.63, 3.8) is 0 Å². The number of carbonyl (C=O) groups is 1. The van der Waals surface area contributed by atoms with E-state index in [0.717, 1.165) is 54.3 Å². The first-order valence-electron chi connectivity index (χ1n) is 19.2. The van der Waals surface area contributed by atoms with Gasteiger partial charge in [0.25, 0.3) is 0 Å². The van der Waals surface area contributed by atoms with Crippen LogP contribution in [0.1, 0.15) is 147 Å². The van der Waals surface area contributed by atoms with Crippen molar-refractivity contribution in [1.82, 2.24) is 5.32 Å². The van der Waals surface area contributed by atoms with E-state index in [9.17, 15) is 4.79 Å². The zero-order valence-electron chi connectivity index (χ0n) is 34.2. The summed E-state index contributed by atoms with van der Waals surface area (Å²) in [7, 11) is -1.09. The number of aliphatic hydroxyl groups excluding tert-OH is 1. The van der Waals surface area contributed by atoms with Gasteiger partial charge in [-0.15, -0.1) is 0 Å². The van der Waals surface area contributed by atoms with Gasteiger partial charge < -0.3 is 26.0 Å². The Morgan fingerprint density at radius 1 is 0.833 bits per heavy atom. The summed E-state index contributed by atoms with van der Waals surface area (Å²) in [6.45, 7) is 33.4. The molecule has 5 N–H and O–H groups in total. The van der Waals surface area contributed by atoms with Crippen molar-refractivity contribution in [2.24, 2.45) is 40.2 Å². The van der Waals surface area contributed by atoms with Gasteiger partial charge >= 0.3 is 6.09 Å². The van der Waals surface area contributed by atoms with Crippen LogP contribution < -0.4 is 11.1 Å². The third-order valence-electron chi connectivity index (χ3n) is 10.7. The number of hydrogen-bond acceptors (Lipinski definition) is 5. The van der Waals surface area contributed by atoms with E-state index in [2.05, 4.69) is 133 Å². The summed E-state index contributed by atoms with van der Waals surface area (Å²) in [4.78, 5) is 12.2. The van der Waals surface area contributed by atoms with E-state index in [1.165, 1.54) is 38.5 Å². The number of hydrogen-bond donors (Lipinski definition) is 4. The number of ether oxygens (including phenoxy) is 1. The predicted octanol–water partition coefficient (Wildman–Crippen LogP) is 11.5. The van der Waals surface area contributed by atoms with Gasteiger partial charge in [0.1, 0.15) is 0 Å². The number of nitrogens with two attached hydrogens (primary N) is 1. The molecule has 0 heterocycles. The summed E-state index contributed by atoms with van der Waals surface area (Å²) in [6.07, 6.45) is 10.7. The lowest BCUT2D eigenvalue weighted by Gasteiger charge is -2.17. The number of alkyl carbamates (subject to hydrolysis) is 1. The molecule has 290 valence electrons. The van der Waals surface area contributed by atoms with E-state index < -0.39 is 14.4 Å². The Labute approximate surface area is 316 Å². The minimum atomic E-state index is -1.11. The molecule has 4 rings (SSSR count). The maximum atomic E-state index is 11.5. The fraction of sp³-hybridized carbons (Fsp3) is 0.974. The van der Waals surface area contributed by atoms with E-state index in [0.29, 0.717) is 23.3 Å². The highest BCUT2D eigenvalue weighted by molar-refractivity contribution is 9.12. The maximum Gasteiger partial charge on any atom is 0.407 e. The second kappa shape index (κ2) is 23.1. The standard InChI is InChI=1S/C12H25NO2Si.C7H14O2.C7H14.C6H13N.C4H8Br2.C3H8/c1-6-10-9-12(10,2)13-11(14)15-7-8-16(3,4)5;1-3-5-4-7(5,2)6(8)9;1-4-6-5-7(6,2)3;1-3-5-4-6(5,2)7;1-2-4(6)3-5;1-3-2/h10H,6-9H2,1-5H3,(H,13,14);5-6,8-9H,3-4H2,1-2H3;6H,4-5H2,1-3H3;5H,3-4,7H2,1-2H3;4H,2-3H2,1H3;3H2,1-2H3. The smallest absolute Gasteiger partial charge is 0.407 e. The molecule has 0 aromatic rings. The van der Waals surface area contributed by atoms with Gasteiger partial charge in [0.15, 0.2) is 6.29 Å². The lowest BCUT2D eigenvalue weighted by atomic mass is 10.1. The molecule has 0 bridgehead atoms. The highest BCUT2D eigenvalue weighted by atomic mass is 79.9. The number of rotatable bonds is 11. The fourth-order valence-electron chi connectivity index (χ4n) is 5.78. The van der Waals surface area contributed by atoms with E-state index in [-0.39, 0.29) is 22.6 Å². The lowest BCUT2D eigenvalue weighted by Crippen LogP contribution is -2.37. The van der Waals surface area contributed by atoms with Crippen LogP contribution in [0.2, 0.25) is 25.7 Å². The van der Waals surface area contributed by atoms with Crippen LogP contribution in [0, 0.1) is 34.5 Å². The first-order chi connectivity index (χ1) is 21.9. The van der Waals surface area contributed by atoms with Crippen LogP contribution in [0.5, 0.6) is 0 Å². The first-order valence-corrected chi connectivity index (χ1v) is 25.0. The minimum Gasteiger partial charge on any atom is -0.450 e. The molecule has 8 unspecified atom stereocenters. The molecular weight excluding hydrogens is 748 g/mol. The summed E-state index contributed by atoms with van der Waals surface area (Å²) >= 11 is 6.76.